The average molecular weight is 269 g/mol. The van der Waals surface area contributed by atoms with E-state index < -0.39 is 10.0 Å². The first kappa shape index (κ1) is 13.3. The van der Waals surface area contributed by atoms with E-state index in [1.807, 2.05) is 0 Å². The van der Waals surface area contributed by atoms with Crippen LogP contribution in [0.15, 0.2) is 23.2 Å². The molecule has 2 rings (SSSR count). The number of anilines is 1. The van der Waals surface area contributed by atoms with E-state index in [0.717, 1.165) is 12.8 Å². The molecule has 1 aliphatic heterocycles. The Kier molecular flexibility index (Phi) is 3.59. The van der Waals surface area contributed by atoms with Crippen molar-refractivity contribution in [2.45, 2.75) is 37.6 Å². The molecule has 100 valence electrons. The van der Waals surface area contributed by atoms with Gasteiger partial charge in [0.15, 0.2) is 0 Å². The van der Waals surface area contributed by atoms with Gasteiger partial charge in [0.1, 0.15) is 10.7 Å². The van der Waals surface area contributed by atoms with E-state index in [1.54, 1.807) is 4.31 Å². The number of aromatic nitrogens is 1. The van der Waals surface area contributed by atoms with E-state index in [4.69, 9.17) is 5.73 Å². The van der Waals surface area contributed by atoms with Crippen LogP contribution in [0.1, 0.15) is 26.7 Å². The standard InChI is InChI=1S/C12H19N3O2S/c1-9(2)11-4-3-7-15(11)18(16,17)10-5-6-12(13)14-8-10/h5-6,8-9,11H,3-4,7H2,1-2H3,(H2,13,14). The molecule has 1 atom stereocenters. The van der Waals surface area contributed by atoms with Crippen LogP contribution in [-0.4, -0.2) is 30.3 Å². The van der Waals surface area contributed by atoms with Gasteiger partial charge in [0, 0.05) is 18.8 Å². The second-order valence-electron chi connectivity index (χ2n) is 4.99. The zero-order chi connectivity index (χ0) is 13.3. The quantitative estimate of drug-likeness (QED) is 0.901. The van der Waals surface area contributed by atoms with Crippen LogP contribution in [0.25, 0.3) is 0 Å². The van der Waals surface area contributed by atoms with Crippen molar-refractivity contribution >= 4 is 15.8 Å². The molecular weight excluding hydrogens is 250 g/mol. The number of pyridine rings is 1. The van der Waals surface area contributed by atoms with Gasteiger partial charge < -0.3 is 5.73 Å². The monoisotopic (exact) mass is 269 g/mol. The largest absolute Gasteiger partial charge is 0.384 e. The minimum absolute atomic E-state index is 0.0903. The van der Waals surface area contributed by atoms with Gasteiger partial charge in [0.05, 0.1) is 0 Å². The van der Waals surface area contributed by atoms with Gasteiger partial charge in [-0.3, -0.25) is 0 Å². The maximum atomic E-state index is 12.5. The normalized spacial score (nSPS) is 21.6. The van der Waals surface area contributed by atoms with Gasteiger partial charge in [-0.1, -0.05) is 13.8 Å². The highest BCUT2D eigenvalue weighted by Gasteiger charge is 2.36. The lowest BCUT2D eigenvalue weighted by molar-refractivity contribution is 0.315. The van der Waals surface area contributed by atoms with Crippen molar-refractivity contribution in [3.05, 3.63) is 18.3 Å². The minimum Gasteiger partial charge on any atom is -0.384 e. The Balaban J connectivity index is 2.33. The van der Waals surface area contributed by atoms with Crippen molar-refractivity contribution < 1.29 is 8.42 Å². The first-order valence-electron chi connectivity index (χ1n) is 6.16. The molecule has 0 radical (unpaired) electrons. The lowest BCUT2D eigenvalue weighted by atomic mass is 10.0. The van der Waals surface area contributed by atoms with Gasteiger partial charge >= 0.3 is 0 Å². The topological polar surface area (TPSA) is 76.3 Å². The van der Waals surface area contributed by atoms with Crippen LogP contribution >= 0.6 is 0 Å². The summed E-state index contributed by atoms with van der Waals surface area (Å²) in [6, 6.07) is 3.13. The maximum absolute atomic E-state index is 12.5. The Hall–Kier alpha value is -1.14. The summed E-state index contributed by atoms with van der Waals surface area (Å²) in [6.45, 7) is 4.70. The molecule has 0 aliphatic carbocycles. The first-order valence-corrected chi connectivity index (χ1v) is 7.60. The highest BCUT2D eigenvalue weighted by molar-refractivity contribution is 7.89. The van der Waals surface area contributed by atoms with Crippen molar-refractivity contribution in [3.8, 4) is 0 Å². The molecule has 1 aliphatic rings. The fourth-order valence-electron chi connectivity index (χ4n) is 2.41. The van der Waals surface area contributed by atoms with E-state index in [1.165, 1.54) is 18.3 Å². The van der Waals surface area contributed by atoms with Crippen LogP contribution in [-0.2, 0) is 10.0 Å². The summed E-state index contributed by atoms with van der Waals surface area (Å²) in [4.78, 5) is 4.08. The predicted octanol–water partition coefficient (Wildman–Crippen LogP) is 1.47. The Morgan fingerprint density at radius 3 is 2.72 bits per heavy atom. The molecule has 1 aromatic rings. The highest BCUT2D eigenvalue weighted by atomic mass is 32.2. The molecule has 18 heavy (non-hydrogen) atoms. The molecule has 0 saturated carbocycles. The minimum atomic E-state index is -3.43. The molecule has 1 fully saturated rings. The third-order valence-electron chi connectivity index (χ3n) is 3.38. The highest BCUT2D eigenvalue weighted by Crippen LogP contribution is 2.29. The number of rotatable bonds is 3. The second-order valence-corrected chi connectivity index (χ2v) is 6.88. The van der Waals surface area contributed by atoms with E-state index in [9.17, 15) is 8.42 Å². The van der Waals surface area contributed by atoms with Crippen LogP contribution in [0.2, 0.25) is 0 Å². The lowest BCUT2D eigenvalue weighted by Gasteiger charge is -2.26. The Bertz CT molecular complexity index is 511. The Morgan fingerprint density at radius 1 is 1.44 bits per heavy atom. The van der Waals surface area contributed by atoms with Crippen molar-refractivity contribution in [1.82, 2.24) is 9.29 Å². The molecule has 0 bridgehead atoms. The summed E-state index contributed by atoms with van der Waals surface area (Å²) < 4.78 is 26.6. The molecule has 0 aromatic carbocycles. The molecular formula is C12H19N3O2S. The lowest BCUT2D eigenvalue weighted by Crippen LogP contribution is -2.38. The van der Waals surface area contributed by atoms with Gasteiger partial charge in [0.25, 0.3) is 0 Å². The second kappa shape index (κ2) is 4.85. The van der Waals surface area contributed by atoms with E-state index in [-0.39, 0.29) is 10.9 Å². The number of hydrogen-bond acceptors (Lipinski definition) is 4. The van der Waals surface area contributed by atoms with E-state index in [2.05, 4.69) is 18.8 Å². The van der Waals surface area contributed by atoms with Crippen LogP contribution < -0.4 is 5.73 Å². The molecule has 1 aromatic heterocycles. The van der Waals surface area contributed by atoms with E-state index >= 15 is 0 Å². The van der Waals surface area contributed by atoms with Crippen molar-refractivity contribution in [3.63, 3.8) is 0 Å². The molecule has 5 nitrogen and oxygen atoms in total. The Labute approximate surface area is 108 Å². The molecule has 0 amide bonds. The summed E-state index contributed by atoms with van der Waals surface area (Å²) in [5, 5.41) is 0. The van der Waals surface area contributed by atoms with Crippen LogP contribution in [0, 0.1) is 5.92 Å². The average Bonchev–Trinajstić information content (AvgIpc) is 2.79. The van der Waals surface area contributed by atoms with Gasteiger partial charge in [-0.2, -0.15) is 4.31 Å². The number of nitrogens with two attached hydrogens (primary N) is 1. The van der Waals surface area contributed by atoms with E-state index in [0.29, 0.717) is 18.3 Å². The van der Waals surface area contributed by atoms with Crippen molar-refractivity contribution in [2.24, 2.45) is 5.92 Å². The molecule has 2 heterocycles. The number of nitrogen functional groups attached to an aromatic ring is 1. The molecule has 2 N–H and O–H groups in total. The number of hydrogen-bond donors (Lipinski definition) is 1. The first-order chi connectivity index (χ1) is 8.43. The SMILES string of the molecule is CC(C)C1CCCN1S(=O)(=O)c1ccc(N)nc1. The van der Waals surface area contributed by atoms with Crippen molar-refractivity contribution in [2.75, 3.05) is 12.3 Å². The smallest absolute Gasteiger partial charge is 0.244 e. The zero-order valence-electron chi connectivity index (χ0n) is 10.7. The van der Waals surface area contributed by atoms with Gasteiger partial charge in [-0.15, -0.1) is 0 Å². The number of nitrogens with zero attached hydrogens (tertiary/aromatic N) is 2. The van der Waals surface area contributed by atoms with Crippen LogP contribution in [0.5, 0.6) is 0 Å². The molecule has 1 unspecified atom stereocenters. The molecule has 6 heteroatoms. The third kappa shape index (κ3) is 2.35. The predicted molar refractivity (Wildman–Crippen MR) is 70.4 cm³/mol. The molecule has 1 saturated heterocycles. The third-order valence-corrected chi connectivity index (χ3v) is 5.29. The number of sulfonamides is 1. The van der Waals surface area contributed by atoms with Gasteiger partial charge in [-0.05, 0) is 30.9 Å². The summed E-state index contributed by atoms with van der Waals surface area (Å²) in [5.74, 6) is 0.653. The summed E-state index contributed by atoms with van der Waals surface area (Å²) in [7, 11) is -3.43. The van der Waals surface area contributed by atoms with Crippen molar-refractivity contribution in [1.29, 1.82) is 0 Å². The fourth-order valence-corrected chi connectivity index (χ4v) is 4.18. The zero-order valence-corrected chi connectivity index (χ0v) is 11.5. The summed E-state index contributed by atoms with van der Waals surface area (Å²) in [6.07, 6.45) is 3.18. The summed E-state index contributed by atoms with van der Waals surface area (Å²) >= 11 is 0. The maximum Gasteiger partial charge on any atom is 0.244 e. The summed E-state index contributed by atoms with van der Waals surface area (Å²) in [5.41, 5.74) is 5.48. The van der Waals surface area contributed by atoms with Crippen LogP contribution in [0.3, 0.4) is 0 Å². The Morgan fingerprint density at radius 2 is 2.17 bits per heavy atom. The molecule has 0 spiro atoms. The van der Waals surface area contributed by atoms with Gasteiger partial charge in [0.2, 0.25) is 10.0 Å². The van der Waals surface area contributed by atoms with Crippen LogP contribution in [0.4, 0.5) is 5.82 Å². The fraction of sp³-hybridized carbons (Fsp3) is 0.583. The van der Waals surface area contributed by atoms with Gasteiger partial charge in [-0.25, -0.2) is 13.4 Å².